The van der Waals surface area contributed by atoms with Crippen LogP contribution in [0.2, 0.25) is 0 Å². The molecule has 128 valence electrons. The molecule has 1 aliphatic heterocycles. The van der Waals surface area contributed by atoms with Crippen molar-refractivity contribution in [1.82, 2.24) is 19.3 Å². The first-order valence-corrected chi connectivity index (χ1v) is 9.15. The van der Waals surface area contributed by atoms with Crippen LogP contribution in [-0.4, -0.2) is 50.3 Å². The predicted octanol–water partition coefficient (Wildman–Crippen LogP) is 3.48. The minimum Gasteiger partial charge on any atom is -0.444 e. The monoisotopic (exact) mass is 346 g/mol. The highest BCUT2D eigenvalue weighted by Crippen LogP contribution is 2.25. The van der Waals surface area contributed by atoms with Crippen LogP contribution in [0.3, 0.4) is 0 Å². The minimum atomic E-state index is -0.488. The quantitative estimate of drug-likeness (QED) is 0.779. The van der Waals surface area contributed by atoms with E-state index < -0.39 is 5.60 Å². The fraction of sp³-hybridized carbons (Fsp3) is 0.471. The number of thioether (sulfide) groups is 1. The smallest absolute Gasteiger partial charge is 0.410 e. The van der Waals surface area contributed by atoms with Crippen LogP contribution in [0.4, 0.5) is 4.79 Å². The van der Waals surface area contributed by atoms with Crippen molar-refractivity contribution in [2.75, 3.05) is 19.3 Å². The van der Waals surface area contributed by atoms with Crippen molar-refractivity contribution in [1.29, 1.82) is 0 Å². The van der Waals surface area contributed by atoms with E-state index in [1.165, 1.54) is 0 Å². The second-order valence-electron chi connectivity index (χ2n) is 6.71. The average molecular weight is 346 g/mol. The van der Waals surface area contributed by atoms with Gasteiger partial charge in [-0.25, -0.2) is 14.8 Å². The summed E-state index contributed by atoms with van der Waals surface area (Å²) in [6.07, 6.45) is 10.3. The molecule has 0 aromatic carbocycles. The van der Waals surface area contributed by atoms with Crippen LogP contribution in [0.15, 0.2) is 29.7 Å². The number of rotatable bonds is 2. The molecule has 2 aromatic heterocycles. The van der Waals surface area contributed by atoms with Gasteiger partial charge in [0.15, 0.2) is 5.65 Å². The summed E-state index contributed by atoms with van der Waals surface area (Å²) in [4.78, 5) is 23.1. The van der Waals surface area contributed by atoms with Gasteiger partial charge in [0, 0.05) is 25.1 Å². The fourth-order valence-electron chi connectivity index (χ4n) is 2.61. The zero-order valence-electron chi connectivity index (χ0n) is 14.4. The van der Waals surface area contributed by atoms with Crippen LogP contribution in [0, 0.1) is 0 Å². The Morgan fingerprint density at radius 1 is 1.38 bits per heavy atom. The van der Waals surface area contributed by atoms with E-state index in [1.807, 2.05) is 43.8 Å². The van der Waals surface area contributed by atoms with Crippen LogP contribution >= 0.6 is 11.8 Å². The molecule has 0 unspecified atom stereocenters. The number of ether oxygens (including phenoxy) is 1. The first kappa shape index (κ1) is 16.8. The van der Waals surface area contributed by atoms with Gasteiger partial charge in [0.1, 0.15) is 10.6 Å². The van der Waals surface area contributed by atoms with Gasteiger partial charge >= 0.3 is 6.09 Å². The van der Waals surface area contributed by atoms with Crippen LogP contribution in [0.25, 0.3) is 11.2 Å². The van der Waals surface area contributed by atoms with E-state index in [9.17, 15) is 4.79 Å². The molecule has 0 N–H and O–H groups in total. The third-order valence-corrected chi connectivity index (χ3v) is 4.33. The molecule has 0 radical (unpaired) electrons. The third-order valence-electron chi connectivity index (χ3n) is 3.67. The molecule has 0 saturated carbocycles. The van der Waals surface area contributed by atoms with Crippen molar-refractivity contribution >= 4 is 29.1 Å². The summed E-state index contributed by atoms with van der Waals surface area (Å²) in [5.41, 5.74) is 2.28. The first-order valence-electron chi connectivity index (χ1n) is 7.92. The van der Waals surface area contributed by atoms with Crippen molar-refractivity contribution in [3.8, 4) is 0 Å². The van der Waals surface area contributed by atoms with Crippen molar-refractivity contribution in [2.24, 2.45) is 0 Å². The summed E-state index contributed by atoms with van der Waals surface area (Å²) in [5.74, 6) is 0. The van der Waals surface area contributed by atoms with Crippen LogP contribution in [0.5, 0.6) is 0 Å². The van der Waals surface area contributed by atoms with Gasteiger partial charge in [-0.2, -0.15) is 0 Å². The number of nitrogens with zero attached hydrogens (tertiary/aromatic N) is 4. The summed E-state index contributed by atoms with van der Waals surface area (Å²) in [6.45, 7) is 6.82. The molecule has 0 aliphatic carbocycles. The van der Waals surface area contributed by atoms with Gasteiger partial charge in [0.25, 0.3) is 0 Å². The molecule has 0 bridgehead atoms. The molecule has 1 amide bonds. The van der Waals surface area contributed by atoms with E-state index in [0.717, 1.165) is 28.4 Å². The maximum absolute atomic E-state index is 12.3. The topological polar surface area (TPSA) is 59.7 Å². The van der Waals surface area contributed by atoms with Crippen LogP contribution in [-0.2, 0) is 4.74 Å². The fourth-order valence-corrected chi connectivity index (χ4v) is 3.14. The van der Waals surface area contributed by atoms with Crippen molar-refractivity contribution < 1.29 is 9.53 Å². The Kier molecular flexibility index (Phi) is 4.54. The lowest BCUT2D eigenvalue weighted by atomic mass is 10.1. The molecule has 3 heterocycles. The Bertz CT molecular complexity index is 791. The van der Waals surface area contributed by atoms with E-state index in [2.05, 4.69) is 11.1 Å². The number of carbonyl (C=O) groups excluding carboxylic acids is 1. The number of amides is 1. The standard InChI is InChI=1S/C17H22N4O2S/c1-17(2,3)23-16(22)21-8-5-6-12(10-21)13-11-20-9-7-18-14(20)15(19-13)24-4/h6-7,9,11H,5,8,10H2,1-4H3. The largest absolute Gasteiger partial charge is 0.444 e. The van der Waals surface area contributed by atoms with Gasteiger partial charge < -0.3 is 14.0 Å². The highest BCUT2D eigenvalue weighted by Gasteiger charge is 2.25. The molecule has 24 heavy (non-hydrogen) atoms. The van der Waals surface area contributed by atoms with Gasteiger partial charge in [-0.15, -0.1) is 11.8 Å². The number of imidazole rings is 1. The summed E-state index contributed by atoms with van der Waals surface area (Å²) in [7, 11) is 0. The highest BCUT2D eigenvalue weighted by atomic mass is 32.2. The molecule has 0 spiro atoms. The lowest BCUT2D eigenvalue weighted by molar-refractivity contribution is 0.0273. The maximum Gasteiger partial charge on any atom is 0.410 e. The Labute approximate surface area is 145 Å². The summed E-state index contributed by atoms with van der Waals surface area (Å²) in [5, 5.41) is 0.882. The number of carbonyl (C=O) groups is 1. The van der Waals surface area contributed by atoms with Gasteiger partial charge in [0.2, 0.25) is 0 Å². The molecule has 0 fully saturated rings. The highest BCUT2D eigenvalue weighted by molar-refractivity contribution is 7.98. The van der Waals surface area contributed by atoms with Crippen LogP contribution < -0.4 is 0 Å². The first-order chi connectivity index (χ1) is 11.4. The van der Waals surface area contributed by atoms with E-state index in [-0.39, 0.29) is 6.09 Å². The zero-order valence-corrected chi connectivity index (χ0v) is 15.3. The third kappa shape index (κ3) is 3.56. The van der Waals surface area contributed by atoms with Crippen LogP contribution in [0.1, 0.15) is 32.9 Å². The van der Waals surface area contributed by atoms with Gasteiger partial charge in [-0.05, 0) is 39.0 Å². The second-order valence-corrected chi connectivity index (χ2v) is 7.51. The molecular formula is C17H22N4O2S. The number of fused-ring (bicyclic) bond motifs is 1. The lowest BCUT2D eigenvalue weighted by Gasteiger charge is -2.30. The molecule has 1 aliphatic rings. The Morgan fingerprint density at radius 3 is 2.88 bits per heavy atom. The van der Waals surface area contributed by atoms with Crippen molar-refractivity contribution in [2.45, 2.75) is 37.8 Å². The molecule has 0 atom stereocenters. The summed E-state index contributed by atoms with van der Waals surface area (Å²) < 4.78 is 7.46. The molecule has 6 nitrogen and oxygen atoms in total. The van der Waals surface area contributed by atoms with E-state index in [4.69, 9.17) is 9.72 Å². The lowest BCUT2D eigenvalue weighted by Crippen LogP contribution is -2.39. The average Bonchev–Trinajstić information content (AvgIpc) is 3.01. The number of aromatic nitrogens is 3. The Hall–Kier alpha value is -2.02. The van der Waals surface area contributed by atoms with Gasteiger partial charge in [-0.3, -0.25) is 0 Å². The van der Waals surface area contributed by atoms with Crippen molar-refractivity contribution in [3.05, 3.63) is 30.4 Å². The van der Waals surface area contributed by atoms with Gasteiger partial charge in [0.05, 0.1) is 12.2 Å². The van der Waals surface area contributed by atoms with Gasteiger partial charge in [-0.1, -0.05) is 6.08 Å². The molecule has 0 saturated heterocycles. The van der Waals surface area contributed by atoms with Crippen molar-refractivity contribution in [3.63, 3.8) is 0 Å². The SMILES string of the molecule is CSc1nc(C2=CCCN(C(=O)OC(C)(C)C)C2)cn2ccnc12. The van der Waals surface area contributed by atoms with E-state index in [1.54, 1.807) is 22.9 Å². The Morgan fingerprint density at radius 2 is 2.17 bits per heavy atom. The van der Waals surface area contributed by atoms with E-state index in [0.29, 0.717) is 13.1 Å². The number of hydrogen-bond donors (Lipinski definition) is 0. The molecule has 7 heteroatoms. The second kappa shape index (κ2) is 6.47. The normalized spacial score (nSPS) is 15.5. The summed E-state index contributed by atoms with van der Waals surface area (Å²) >= 11 is 1.57. The molecule has 3 rings (SSSR count). The predicted molar refractivity (Wildman–Crippen MR) is 95.2 cm³/mol. The number of hydrogen-bond acceptors (Lipinski definition) is 5. The molecule has 2 aromatic rings. The van der Waals surface area contributed by atoms with E-state index >= 15 is 0 Å². The maximum atomic E-state index is 12.3. The zero-order chi connectivity index (χ0) is 17.3. The minimum absolute atomic E-state index is 0.276. The Balaban J connectivity index is 1.85. The summed E-state index contributed by atoms with van der Waals surface area (Å²) in [6, 6.07) is 0. The molecular weight excluding hydrogens is 324 g/mol.